The Hall–Kier alpha value is -2.56. The van der Waals surface area contributed by atoms with Crippen molar-refractivity contribution in [1.82, 2.24) is 4.98 Å². The molecule has 0 aliphatic carbocycles. The molecule has 0 atom stereocenters. The van der Waals surface area contributed by atoms with Crippen molar-refractivity contribution < 1.29 is 9.53 Å². The van der Waals surface area contributed by atoms with Crippen LogP contribution in [-0.2, 0) is 11.2 Å². The lowest BCUT2D eigenvalue weighted by Gasteiger charge is -2.11. The number of nitrogens with one attached hydrogen (secondary N) is 1. The van der Waals surface area contributed by atoms with Gasteiger partial charge in [0, 0.05) is 5.69 Å². The zero-order chi connectivity index (χ0) is 15.2. The van der Waals surface area contributed by atoms with Gasteiger partial charge in [-0.1, -0.05) is 19.1 Å². The van der Waals surface area contributed by atoms with Crippen molar-refractivity contribution in [2.24, 2.45) is 0 Å². The molecule has 2 rings (SSSR count). The van der Waals surface area contributed by atoms with Crippen molar-refractivity contribution in [2.45, 2.75) is 20.3 Å². The number of carbonyl (C=O) groups is 1. The Bertz CT molecular complexity index is 641. The number of benzene rings is 1. The number of nitrogens with zero attached hydrogens (tertiary/aromatic N) is 1. The van der Waals surface area contributed by atoms with Crippen LogP contribution in [0, 0.1) is 0 Å². The summed E-state index contributed by atoms with van der Waals surface area (Å²) in [4.78, 5) is 16.2. The maximum atomic E-state index is 12.0. The Balaban J connectivity index is 2.32. The molecule has 1 aromatic carbocycles. The van der Waals surface area contributed by atoms with Crippen LogP contribution in [-0.4, -0.2) is 17.6 Å². The van der Waals surface area contributed by atoms with E-state index in [1.807, 2.05) is 24.3 Å². The van der Waals surface area contributed by atoms with E-state index in [1.54, 1.807) is 13.0 Å². The number of ether oxygens (including phenoxy) is 1. The number of aryl methyl sites for hydroxylation is 1. The van der Waals surface area contributed by atoms with Crippen LogP contribution in [0.2, 0.25) is 0 Å². The topological polar surface area (TPSA) is 77.2 Å². The minimum atomic E-state index is -0.438. The van der Waals surface area contributed by atoms with Crippen LogP contribution in [0.3, 0.4) is 0 Å². The zero-order valence-electron chi connectivity index (χ0n) is 12.2. The van der Waals surface area contributed by atoms with Gasteiger partial charge in [-0.2, -0.15) is 0 Å². The predicted molar refractivity (Wildman–Crippen MR) is 83.7 cm³/mol. The van der Waals surface area contributed by atoms with Gasteiger partial charge in [0.2, 0.25) is 0 Å². The maximum absolute atomic E-state index is 12.0. The smallest absolute Gasteiger partial charge is 0.341 e. The fraction of sp³-hybridized carbons (Fsp3) is 0.250. The van der Waals surface area contributed by atoms with Gasteiger partial charge >= 0.3 is 5.97 Å². The first-order chi connectivity index (χ1) is 10.1. The van der Waals surface area contributed by atoms with Gasteiger partial charge < -0.3 is 15.8 Å². The van der Waals surface area contributed by atoms with Crippen LogP contribution in [0.4, 0.5) is 17.2 Å². The molecule has 0 amide bonds. The summed E-state index contributed by atoms with van der Waals surface area (Å²) in [6.07, 6.45) is 2.45. The average Bonchev–Trinajstić information content (AvgIpc) is 2.49. The predicted octanol–water partition coefficient (Wildman–Crippen LogP) is 3.15. The summed E-state index contributed by atoms with van der Waals surface area (Å²) < 4.78 is 5.03. The molecule has 0 spiro atoms. The van der Waals surface area contributed by atoms with Crippen molar-refractivity contribution in [2.75, 3.05) is 17.7 Å². The molecule has 110 valence electrons. The first kappa shape index (κ1) is 14.8. The van der Waals surface area contributed by atoms with E-state index in [4.69, 9.17) is 10.5 Å². The van der Waals surface area contributed by atoms with Crippen molar-refractivity contribution in [3.8, 4) is 0 Å². The molecule has 2 aromatic rings. The van der Waals surface area contributed by atoms with Crippen molar-refractivity contribution in [1.29, 1.82) is 0 Å². The second kappa shape index (κ2) is 6.74. The first-order valence-electron chi connectivity index (χ1n) is 6.92. The molecule has 5 nitrogen and oxygen atoms in total. The van der Waals surface area contributed by atoms with Gasteiger partial charge in [0.1, 0.15) is 11.4 Å². The fourth-order valence-electron chi connectivity index (χ4n) is 1.95. The van der Waals surface area contributed by atoms with Gasteiger partial charge in [-0.25, -0.2) is 9.78 Å². The number of nitrogen functional groups attached to an aromatic ring is 1. The molecule has 0 unspecified atom stereocenters. The van der Waals surface area contributed by atoms with Crippen LogP contribution < -0.4 is 11.1 Å². The highest BCUT2D eigenvalue weighted by molar-refractivity contribution is 5.96. The summed E-state index contributed by atoms with van der Waals surface area (Å²) >= 11 is 0. The van der Waals surface area contributed by atoms with Crippen molar-refractivity contribution >= 4 is 23.2 Å². The van der Waals surface area contributed by atoms with Crippen LogP contribution in [0.15, 0.2) is 36.5 Å². The Morgan fingerprint density at radius 1 is 1.33 bits per heavy atom. The van der Waals surface area contributed by atoms with Gasteiger partial charge in [0.15, 0.2) is 0 Å². The molecule has 0 aliphatic heterocycles. The number of esters is 1. The van der Waals surface area contributed by atoms with Crippen molar-refractivity contribution in [3.63, 3.8) is 0 Å². The Kier molecular flexibility index (Phi) is 4.77. The molecular formula is C16H19N3O2. The monoisotopic (exact) mass is 285 g/mol. The third-order valence-corrected chi connectivity index (χ3v) is 3.00. The lowest BCUT2D eigenvalue weighted by molar-refractivity contribution is 0.0527. The molecule has 21 heavy (non-hydrogen) atoms. The quantitative estimate of drug-likeness (QED) is 0.825. The highest BCUT2D eigenvalue weighted by atomic mass is 16.5. The molecule has 3 N–H and O–H groups in total. The molecule has 1 heterocycles. The van der Waals surface area contributed by atoms with E-state index in [0.29, 0.717) is 23.7 Å². The second-order valence-corrected chi connectivity index (χ2v) is 4.56. The van der Waals surface area contributed by atoms with Crippen LogP contribution in [0.25, 0.3) is 0 Å². The number of aromatic nitrogens is 1. The standard InChI is InChI=1S/C16H19N3O2/c1-3-11-6-5-7-13(8-11)19-15-14(16(20)21-4-2)9-12(17)10-18-15/h5-10H,3-4,17H2,1-2H3,(H,18,19). The molecule has 0 radical (unpaired) electrons. The third-order valence-electron chi connectivity index (χ3n) is 3.00. The minimum absolute atomic E-state index is 0.304. The Morgan fingerprint density at radius 2 is 2.14 bits per heavy atom. The van der Waals surface area contributed by atoms with E-state index in [1.165, 1.54) is 11.8 Å². The molecular weight excluding hydrogens is 266 g/mol. The lowest BCUT2D eigenvalue weighted by atomic mass is 10.1. The van der Waals surface area contributed by atoms with Gasteiger partial charge in [0.05, 0.1) is 18.5 Å². The fourth-order valence-corrected chi connectivity index (χ4v) is 1.95. The number of nitrogens with two attached hydrogens (primary N) is 1. The van der Waals surface area contributed by atoms with Gasteiger partial charge in [-0.15, -0.1) is 0 Å². The summed E-state index contributed by atoms with van der Waals surface area (Å²) in [6.45, 7) is 4.15. The molecule has 0 bridgehead atoms. The van der Waals surface area contributed by atoms with Crippen LogP contribution in [0.1, 0.15) is 29.8 Å². The highest BCUT2D eigenvalue weighted by Gasteiger charge is 2.14. The number of hydrogen-bond acceptors (Lipinski definition) is 5. The summed E-state index contributed by atoms with van der Waals surface area (Å²) in [7, 11) is 0. The second-order valence-electron chi connectivity index (χ2n) is 4.56. The number of pyridine rings is 1. The molecule has 5 heteroatoms. The first-order valence-corrected chi connectivity index (χ1v) is 6.92. The number of carbonyl (C=O) groups excluding carboxylic acids is 1. The van der Waals surface area contributed by atoms with Crippen LogP contribution >= 0.6 is 0 Å². The zero-order valence-corrected chi connectivity index (χ0v) is 12.2. The highest BCUT2D eigenvalue weighted by Crippen LogP contribution is 2.22. The van der Waals surface area contributed by atoms with Crippen LogP contribution in [0.5, 0.6) is 0 Å². The summed E-state index contributed by atoms with van der Waals surface area (Å²) in [6, 6.07) is 9.52. The SMILES string of the molecule is CCOC(=O)c1cc(N)cnc1Nc1cccc(CC)c1. The third kappa shape index (κ3) is 3.72. The van der Waals surface area contributed by atoms with Gasteiger partial charge in [-0.3, -0.25) is 0 Å². The average molecular weight is 285 g/mol. The lowest BCUT2D eigenvalue weighted by Crippen LogP contribution is -2.10. The summed E-state index contributed by atoms with van der Waals surface area (Å²) in [5, 5.41) is 3.15. The number of hydrogen-bond donors (Lipinski definition) is 2. The molecule has 1 aromatic heterocycles. The molecule has 0 aliphatic rings. The Morgan fingerprint density at radius 3 is 2.86 bits per heavy atom. The van der Waals surface area contributed by atoms with Gasteiger partial charge in [0.25, 0.3) is 0 Å². The van der Waals surface area contributed by atoms with E-state index in [-0.39, 0.29) is 0 Å². The maximum Gasteiger partial charge on any atom is 0.341 e. The van der Waals surface area contributed by atoms with E-state index in [0.717, 1.165) is 12.1 Å². The van der Waals surface area contributed by atoms with Gasteiger partial charge in [-0.05, 0) is 37.1 Å². The normalized spacial score (nSPS) is 10.2. The summed E-state index contributed by atoms with van der Waals surface area (Å²) in [5.41, 5.74) is 8.53. The number of anilines is 3. The number of rotatable bonds is 5. The molecule has 0 saturated carbocycles. The molecule has 0 fully saturated rings. The van der Waals surface area contributed by atoms with E-state index in [9.17, 15) is 4.79 Å². The van der Waals surface area contributed by atoms with E-state index < -0.39 is 5.97 Å². The minimum Gasteiger partial charge on any atom is -0.462 e. The van der Waals surface area contributed by atoms with E-state index in [2.05, 4.69) is 17.2 Å². The summed E-state index contributed by atoms with van der Waals surface area (Å²) in [5.74, 6) is 0.00218. The molecule has 0 saturated heterocycles. The van der Waals surface area contributed by atoms with E-state index >= 15 is 0 Å². The largest absolute Gasteiger partial charge is 0.462 e. The Labute approximate surface area is 124 Å². The van der Waals surface area contributed by atoms with Crippen molar-refractivity contribution in [3.05, 3.63) is 47.7 Å².